The number of anilines is 1. The summed E-state index contributed by atoms with van der Waals surface area (Å²) in [6, 6.07) is 5.30. The number of furan rings is 1. The van der Waals surface area contributed by atoms with E-state index >= 15 is 0 Å². The minimum Gasteiger partial charge on any atom is -0.459 e. The third kappa shape index (κ3) is 3.85. The second-order valence-electron chi connectivity index (χ2n) is 6.11. The minimum atomic E-state index is -0.316. The van der Waals surface area contributed by atoms with Crippen LogP contribution in [0, 0.1) is 6.92 Å². The maximum atomic E-state index is 12.5. The Morgan fingerprint density at radius 3 is 2.71 bits per heavy atom. The van der Waals surface area contributed by atoms with Crippen LogP contribution in [-0.4, -0.2) is 42.9 Å². The monoisotopic (exact) mass is 347 g/mol. The van der Waals surface area contributed by atoms with E-state index in [2.05, 4.69) is 22.6 Å². The molecule has 0 spiro atoms. The molecule has 0 unspecified atom stereocenters. The molecule has 128 valence electrons. The highest BCUT2D eigenvalue weighted by Gasteiger charge is 2.22. The zero-order valence-electron chi connectivity index (χ0n) is 13.8. The molecule has 1 aliphatic rings. The van der Waals surface area contributed by atoms with Crippen LogP contribution in [0.15, 0.2) is 28.9 Å². The number of amides is 2. The fourth-order valence-corrected chi connectivity index (χ4v) is 3.73. The molecular weight excluding hydrogens is 326 g/mol. The molecule has 1 fully saturated rings. The van der Waals surface area contributed by atoms with Crippen LogP contribution in [0.4, 0.5) is 5.00 Å². The lowest BCUT2D eigenvalue weighted by Crippen LogP contribution is -2.43. The Morgan fingerprint density at radius 2 is 2.04 bits per heavy atom. The van der Waals surface area contributed by atoms with Gasteiger partial charge in [-0.15, -0.1) is 11.3 Å². The molecule has 3 heterocycles. The number of likely N-dealkylation sites (tertiary alicyclic amines) is 1. The molecular formula is C17H21N3O3S. The van der Waals surface area contributed by atoms with E-state index in [0.29, 0.717) is 9.88 Å². The average molecular weight is 347 g/mol. The van der Waals surface area contributed by atoms with Gasteiger partial charge in [0.1, 0.15) is 0 Å². The molecule has 7 heteroatoms. The number of carbonyl (C=O) groups excluding carboxylic acids is 2. The second-order valence-corrected chi connectivity index (χ2v) is 7.16. The van der Waals surface area contributed by atoms with Gasteiger partial charge in [-0.05, 0) is 63.7 Å². The van der Waals surface area contributed by atoms with Gasteiger partial charge in [-0.2, -0.15) is 0 Å². The fourth-order valence-electron chi connectivity index (χ4n) is 2.75. The van der Waals surface area contributed by atoms with E-state index in [-0.39, 0.29) is 23.6 Å². The lowest BCUT2D eigenvalue weighted by molar-refractivity contribution is 0.0919. The van der Waals surface area contributed by atoms with Gasteiger partial charge in [-0.1, -0.05) is 0 Å². The summed E-state index contributed by atoms with van der Waals surface area (Å²) in [7, 11) is 2.09. The van der Waals surface area contributed by atoms with Gasteiger partial charge in [0.05, 0.1) is 16.1 Å². The molecule has 1 saturated heterocycles. The van der Waals surface area contributed by atoms with Crippen molar-refractivity contribution in [1.29, 1.82) is 0 Å². The topological polar surface area (TPSA) is 74.6 Å². The normalized spacial score (nSPS) is 16.1. The molecule has 6 nitrogen and oxygen atoms in total. The molecule has 0 aliphatic carbocycles. The molecule has 0 radical (unpaired) electrons. The van der Waals surface area contributed by atoms with E-state index in [1.54, 1.807) is 12.1 Å². The number of nitrogens with one attached hydrogen (secondary N) is 2. The number of hydrogen-bond donors (Lipinski definition) is 2. The quantitative estimate of drug-likeness (QED) is 0.892. The number of piperidine rings is 1. The molecule has 0 atom stereocenters. The fraction of sp³-hybridized carbons (Fsp3) is 0.412. The number of aryl methyl sites for hydroxylation is 1. The van der Waals surface area contributed by atoms with Crippen LogP contribution in [0.2, 0.25) is 0 Å². The van der Waals surface area contributed by atoms with E-state index in [9.17, 15) is 9.59 Å². The average Bonchev–Trinajstić information content (AvgIpc) is 3.19. The van der Waals surface area contributed by atoms with Gasteiger partial charge < -0.3 is 20.0 Å². The molecule has 1 aliphatic heterocycles. The summed E-state index contributed by atoms with van der Waals surface area (Å²) in [6.45, 7) is 3.88. The van der Waals surface area contributed by atoms with Gasteiger partial charge in [-0.25, -0.2) is 0 Å². The third-order valence-electron chi connectivity index (χ3n) is 4.16. The summed E-state index contributed by atoms with van der Waals surface area (Å²) in [4.78, 5) is 27.4. The molecule has 2 amide bonds. The van der Waals surface area contributed by atoms with Crippen LogP contribution in [0.5, 0.6) is 0 Å². The molecule has 2 N–H and O–H groups in total. The molecule has 24 heavy (non-hydrogen) atoms. The van der Waals surface area contributed by atoms with Crippen molar-refractivity contribution < 1.29 is 14.0 Å². The molecule has 2 aromatic heterocycles. The molecule has 2 aromatic rings. The Balaban J connectivity index is 1.63. The highest BCUT2D eigenvalue weighted by molar-refractivity contribution is 7.18. The SMILES string of the molecule is Cc1cc(NC(=O)c2ccco2)sc1C(=O)NC1CCN(C)CC1. The summed E-state index contributed by atoms with van der Waals surface area (Å²) in [5.41, 5.74) is 0.861. The van der Waals surface area contributed by atoms with Crippen molar-refractivity contribution in [2.24, 2.45) is 0 Å². The predicted molar refractivity (Wildman–Crippen MR) is 93.7 cm³/mol. The smallest absolute Gasteiger partial charge is 0.291 e. The van der Waals surface area contributed by atoms with Crippen LogP contribution < -0.4 is 10.6 Å². The summed E-state index contributed by atoms with van der Waals surface area (Å²) in [5, 5.41) is 6.51. The second kappa shape index (κ2) is 7.19. The van der Waals surface area contributed by atoms with Crippen molar-refractivity contribution in [3.05, 3.63) is 40.7 Å². The molecule has 0 bridgehead atoms. The number of thiophene rings is 1. The lowest BCUT2D eigenvalue weighted by atomic mass is 10.1. The van der Waals surface area contributed by atoms with Crippen molar-refractivity contribution in [2.45, 2.75) is 25.8 Å². The Labute approximate surface area is 144 Å². The number of hydrogen-bond acceptors (Lipinski definition) is 5. The van der Waals surface area contributed by atoms with Crippen molar-refractivity contribution >= 4 is 28.2 Å². The highest BCUT2D eigenvalue weighted by Crippen LogP contribution is 2.27. The van der Waals surface area contributed by atoms with Gasteiger partial charge in [-0.3, -0.25) is 9.59 Å². The van der Waals surface area contributed by atoms with Crippen LogP contribution in [0.3, 0.4) is 0 Å². The van der Waals surface area contributed by atoms with Gasteiger partial charge in [0, 0.05) is 6.04 Å². The summed E-state index contributed by atoms with van der Waals surface area (Å²) in [6.07, 6.45) is 3.39. The standard InChI is InChI=1S/C17H21N3O3S/c1-11-10-14(19-16(21)13-4-3-9-23-13)24-15(11)17(22)18-12-5-7-20(2)8-6-12/h3-4,9-10,12H,5-8H2,1-2H3,(H,18,22)(H,19,21). The van der Waals surface area contributed by atoms with Crippen molar-refractivity contribution in [2.75, 3.05) is 25.5 Å². The maximum absolute atomic E-state index is 12.5. The van der Waals surface area contributed by atoms with E-state index in [1.165, 1.54) is 17.6 Å². The number of carbonyl (C=O) groups is 2. The zero-order chi connectivity index (χ0) is 17.1. The lowest BCUT2D eigenvalue weighted by Gasteiger charge is -2.29. The first-order chi connectivity index (χ1) is 11.5. The van der Waals surface area contributed by atoms with Gasteiger partial charge in [0.15, 0.2) is 5.76 Å². The first-order valence-corrected chi connectivity index (χ1v) is 8.79. The summed E-state index contributed by atoms with van der Waals surface area (Å²) < 4.78 is 5.07. The number of rotatable bonds is 4. The van der Waals surface area contributed by atoms with E-state index < -0.39 is 0 Å². The Kier molecular flexibility index (Phi) is 5.01. The molecule has 0 aromatic carbocycles. The van der Waals surface area contributed by atoms with E-state index in [4.69, 9.17) is 4.42 Å². The Morgan fingerprint density at radius 1 is 1.29 bits per heavy atom. The van der Waals surface area contributed by atoms with Gasteiger partial charge in [0.25, 0.3) is 11.8 Å². The summed E-state index contributed by atoms with van der Waals surface area (Å²) >= 11 is 1.29. The van der Waals surface area contributed by atoms with Crippen LogP contribution >= 0.6 is 11.3 Å². The van der Waals surface area contributed by atoms with E-state index in [1.807, 2.05) is 13.0 Å². The minimum absolute atomic E-state index is 0.0643. The van der Waals surface area contributed by atoms with Crippen LogP contribution in [0.25, 0.3) is 0 Å². The predicted octanol–water partition coefficient (Wildman–Crippen LogP) is 2.73. The van der Waals surface area contributed by atoms with Gasteiger partial charge in [0.2, 0.25) is 0 Å². The van der Waals surface area contributed by atoms with Gasteiger partial charge >= 0.3 is 0 Å². The van der Waals surface area contributed by atoms with E-state index in [0.717, 1.165) is 31.5 Å². The van der Waals surface area contributed by atoms with Crippen LogP contribution in [-0.2, 0) is 0 Å². The Hall–Kier alpha value is -2.12. The highest BCUT2D eigenvalue weighted by atomic mass is 32.1. The first kappa shape index (κ1) is 16.7. The maximum Gasteiger partial charge on any atom is 0.291 e. The van der Waals surface area contributed by atoms with Crippen molar-refractivity contribution in [3.63, 3.8) is 0 Å². The first-order valence-electron chi connectivity index (χ1n) is 7.97. The largest absolute Gasteiger partial charge is 0.459 e. The van der Waals surface area contributed by atoms with Crippen LogP contribution in [0.1, 0.15) is 38.6 Å². The van der Waals surface area contributed by atoms with Crippen molar-refractivity contribution in [1.82, 2.24) is 10.2 Å². The third-order valence-corrected chi connectivity index (χ3v) is 5.31. The molecule has 0 saturated carbocycles. The Bertz CT molecular complexity index is 716. The number of nitrogens with zero attached hydrogens (tertiary/aromatic N) is 1. The molecule has 3 rings (SSSR count). The summed E-state index contributed by atoms with van der Waals surface area (Å²) in [5.74, 6) is -0.132. The zero-order valence-corrected chi connectivity index (χ0v) is 14.6. The van der Waals surface area contributed by atoms with Crippen molar-refractivity contribution in [3.8, 4) is 0 Å².